The summed E-state index contributed by atoms with van der Waals surface area (Å²) in [5.74, 6) is 0.259. The van der Waals surface area contributed by atoms with Gasteiger partial charge in [-0.05, 0) is 38.2 Å². The number of pyridine rings is 1. The van der Waals surface area contributed by atoms with Crippen LogP contribution in [0.3, 0.4) is 0 Å². The molecule has 0 aliphatic rings. The van der Waals surface area contributed by atoms with E-state index in [1.54, 1.807) is 0 Å². The third-order valence-electron chi connectivity index (χ3n) is 2.87. The van der Waals surface area contributed by atoms with E-state index in [2.05, 4.69) is 60.7 Å². The van der Waals surface area contributed by atoms with Crippen LogP contribution in [0.1, 0.15) is 17.2 Å². The van der Waals surface area contributed by atoms with Crippen molar-refractivity contribution in [3.8, 4) is 0 Å². The van der Waals surface area contributed by atoms with Gasteiger partial charge in [-0.15, -0.1) is 0 Å². The van der Waals surface area contributed by atoms with Crippen LogP contribution < -0.4 is 0 Å². The first kappa shape index (κ1) is 12.8. The van der Waals surface area contributed by atoms with Crippen molar-refractivity contribution < 1.29 is 0 Å². The standard InChI is InChI=1S/C16H19N2/c1-18(2)13-11-15(14-8-4-3-5-9-14)16-10-6-7-12-17-16/h3-12,15H,13H2,1-2H3. The Morgan fingerprint density at radius 3 is 2.39 bits per heavy atom. The number of hydrogen-bond donors (Lipinski definition) is 0. The second-order valence-corrected chi connectivity index (χ2v) is 4.64. The summed E-state index contributed by atoms with van der Waals surface area (Å²) in [6.45, 7) is 0.941. The minimum absolute atomic E-state index is 0.259. The lowest BCUT2D eigenvalue weighted by molar-refractivity contribution is 0.433. The van der Waals surface area contributed by atoms with E-state index in [1.165, 1.54) is 5.56 Å². The van der Waals surface area contributed by atoms with Crippen molar-refractivity contribution >= 4 is 0 Å². The Morgan fingerprint density at radius 2 is 1.78 bits per heavy atom. The molecule has 0 aliphatic carbocycles. The summed E-state index contributed by atoms with van der Waals surface area (Å²) < 4.78 is 0. The fourth-order valence-corrected chi connectivity index (χ4v) is 1.96. The lowest BCUT2D eigenvalue weighted by atomic mass is 9.92. The Morgan fingerprint density at radius 1 is 1.06 bits per heavy atom. The molecule has 2 rings (SSSR count). The average Bonchev–Trinajstić information content (AvgIpc) is 2.41. The molecule has 2 nitrogen and oxygen atoms in total. The van der Waals surface area contributed by atoms with Crippen molar-refractivity contribution in [2.24, 2.45) is 0 Å². The normalized spacial score (nSPS) is 12.6. The Hall–Kier alpha value is -1.67. The molecule has 0 amide bonds. The van der Waals surface area contributed by atoms with Gasteiger partial charge < -0.3 is 4.90 Å². The molecule has 0 fully saturated rings. The van der Waals surface area contributed by atoms with Gasteiger partial charge in [0.05, 0.1) is 0 Å². The number of nitrogens with zero attached hydrogens (tertiary/aromatic N) is 2. The van der Waals surface area contributed by atoms with E-state index in [9.17, 15) is 0 Å². The van der Waals surface area contributed by atoms with Gasteiger partial charge in [0.25, 0.3) is 0 Å². The molecule has 0 bridgehead atoms. The van der Waals surface area contributed by atoms with E-state index in [0.29, 0.717) is 0 Å². The van der Waals surface area contributed by atoms with Crippen LogP contribution in [0.2, 0.25) is 0 Å². The summed E-state index contributed by atoms with van der Waals surface area (Å²) >= 11 is 0. The summed E-state index contributed by atoms with van der Waals surface area (Å²) in [5, 5.41) is 0. The van der Waals surface area contributed by atoms with Gasteiger partial charge in [0.1, 0.15) is 0 Å². The zero-order valence-electron chi connectivity index (χ0n) is 11.0. The maximum Gasteiger partial charge on any atom is 0.0481 e. The van der Waals surface area contributed by atoms with Crippen molar-refractivity contribution in [3.05, 3.63) is 72.4 Å². The van der Waals surface area contributed by atoms with E-state index < -0.39 is 0 Å². The fraction of sp³-hybridized carbons (Fsp3) is 0.250. The van der Waals surface area contributed by atoms with Gasteiger partial charge in [-0.25, -0.2) is 0 Å². The predicted molar refractivity (Wildman–Crippen MR) is 75.4 cm³/mol. The van der Waals surface area contributed by atoms with E-state index in [0.717, 1.165) is 12.2 Å². The highest BCUT2D eigenvalue weighted by Gasteiger charge is 2.15. The molecule has 1 aromatic carbocycles. The minimum Gasteiger partial charge on any atom is -0.309 e. The Balaban J connectivity index is 2.24. The summed E-state index contributed by atoms with van der Waals surface area (Å²) in [4.78, 5) is 6.65. The maximum atomic E-state index is 4.48. The summed E-state index contributed by atoms with van der Waals surface area (Å²) in [7, 11) is 4.16. The molecule has 1 unspecified atom stereocenters. The van der Waals surface area contributed by atoms with Gasteiger partial charge in [-0.1, -0.05) is 36.4 Å². The molecule has 0 aliphatic heterocycles. The SMILES string of the molecule is CN(C)C[CH]C(c1ccccc1)c1ccccn1. The van der Waals surface area contributed by atoms with Crippen LogP contribution in [-0.4, -0.2) is 30.5 Å². The lowest BCUT2D eigenvalue weighted by Gasteiger charge is -2.19. The Kier molecular flexibility index (Phi) is 4.48. The second kappa shape index (κ2) is 6.31. The molecule has 0 saturated heterocycles. The summed E-state index contributed by atoms with van der Waals surface area (Å²) in [5.41, 5.74) is 2.39. The van der Waals surface area contributed by atoms with Gasteiger partial charge in [0.2, 0.25) is 0 Å². The molecule has 1 atom stereocenters. The Bertz CT molecular complexity index is 412. The van der Waals surface area contributed by atoms with Gasteiger partial charge in [0.15, 0.2) is 0 Å². The highest BCUT2D eigenvalue weighted by Crippen LogP contribution is 2.25. The molecule has 1 heterocycles. The third kappa shape index (κ3) is 3.41. The van der Waals surface area contributed by atoms with E-state index in [-0.39, 0.29) is 5.92 Å². The second-order valence-electron chi connectivity index (χ2n) is 4.64. The highest BCUT2D eigenvalue weighted by molar-refractivity contribution is 5.31. The van der Waals surface area contributed by atoms with Crippen LogP contribution in [0.5, 0.6) is 0 Å². The molecule has 0 spiro atoms. The van der Waals surface area contributed by atoms with Crippen molar-refractivity contribution in [1.29, 1.82) is 0 Å². The smallest absolute Gasteiger partial charge is 0.0481 e. The number of aromatic nitrogens is 1. The molecule has 93 valence electrons. The minimum atomic E-state index is 0.259. The van der Waals surface area contributed by atoms with Crippen LogP contribution in [-0.2, 0) is 0 Å². The first-order valence-electron chi connectivity index (χ1n) is 6.21. The van der Waals surface area contributed by atoms with Gasteiger partial charge in [-0.2, -0.15) is 0 Å². The van der Waals surface area contributed by atoms with Crippen LogP contribution in [0.15, 0.2) is 54.7 Å². The Labute approximate surface area is 109 Å². The van der Waals surface area contributed by atoms with Crippen LogP contribution in [0, 0.1) is 6.42 Å². The molecule has 1 radical (unpaired) electrons. The maximum absolute atomic E-state index is 4.48. The van der Waals surface area contributed by atoms with E-state index >= 15 is 0 Å². The predicted octanol–water partition coefficient (Wildman–Crippen LogP) is 2.98. The van der Waals surface area contributed by atoms with Crippen molar-refractivity contribution in [2.45, 2.75) is 5.92 Å². The molecule has 0 saturated carbocycles. The number of benzene rings is 1. The number of rotatable bonds is 5. The molecule has 2 heteroatoms. The topological polar surface area (TPSA) is 16.1 Å². The van der Waals surface area contributed by atoms with Gasteiger partial charge in [0, 0.05) is 24.4 Å². The first-order valence-corrected chi connectivity index (χ1v) is 6.21. The molecule has 18 heavy (non-hydrogen) atoms. The van der Waals surface area contributed by atoms with Crippen molar-refractivity contribution in [1.82, 2.24) is 9.88 Å². The largest absolute Gasteiger partial charge is 0.309 e. The average molecular weight is 239 g/mol. The zero-order valence-corrected chi connectivity index (χ0v) is 11.0. The first-order chi connectivity index (χ1) is 8.77. The lowest BCUT2D eigenvalue weighted by Crippen LogP contribution is -2.17. The monoisotopic (exact) mass is 239 g/mol. The van der Waals surface area contributed by atoms with E-state index in [1.807, 2.05) is 24.4 Å². The summed E-state index contributed by atoms with van der Waals surface area (Å²) in [6.07, 6.45) is 4.16. The van der Waals surface area contributed by atoms with E-state index in [4.69, 9.17) is 0 Å². The number of hydrogen-bond acceptors (Lipinski definition) is 2. The fourth-order valence-electron chi connectivity index (χ4n) is 1.96. The van der Waals surface area contributed by atoms with Crippen molar-refractivity contribution in [2.75, 3.05) is 20.6 Å². The molecular formula is C16H19N2. The van der Waals surface area contributed by atoms with Crippen LogP contribution in [0.25, 0.3) is 0 Å². The highest BCUT2D eigenvalue weighted by atomic mass is 15.0. The quantitative estimate of drug-likeness (QED) is 0.797. The van der Waals surface area contributed by atoms with Gasteiger partial charge >= 0.3 is 0 Å². The third-order valence-corrected chi connectivity index (χ3v) is 2.87. The molecular weight excluding hydrogens is 220 g/mol. The summed E-state index contributed by atoms with van der Waals surface area (Å²) in [6, 6.07) is 16.6. The zero-order chi connectivity index (χ0) is 12.8. The van der Waals surface area contributed by atoms with Crippen LogP contribution in [0.4, 0.5) is 0 Å². The molecule has 0 N–H and O–H groups in total. The van der Waals surface area contributed by atoms with Crippen molar-refractivity contribution in [3.63, 3.8) is 0 Å². The van der Waals surface area contributed by atoms with Crippen LogP contribution >= 0.6 is 0 Å². The molecule has 1 aromatic heterocycles. The molecule has 2 aromatic rings. The van der Waals surface area contributed by atoms with Gasteiger partial charge in [-0.3, -0.25) is 4.98 Å².